The van der Waals surface area contributed by atoms with Crippen LogP contribution in [0.3, 0.4) is 0 Å². The molecule has 0 aliphatic rings. The molecule has 0 atom stereocenters. The minimum atomic E-state index is -4.24. The van der Waals surface area contributed by atoms with Gasteiger partial charge in [-0.15, -0.1) is 0 Å². The first-order valence-electron chi connectivity index (χ1n) is 10.9. The Bertz CT molecular complexity index is 1330. The second-order valence-electron chi connectivity index (χ2n) is 7.81. The lowest BCUT2D eigenvalue weighted by Crippen LogP contribution is -2.39. The van der Waals surface area contributed by atoms with Gasteiger partial charge in [0.2, 0.25) is 5.91 Å². The summed E-state index contributed by atoms with van der Waals surface area (Å²) < 4.78 is 44.6. The van der Waals surface area contributed by atoms with E-state index in [9.17, 15) is 22.4 Å². The average molecular weight is 534 g/mol. The number of nitrogens with zero attached hydrogens (tertiary/aromatic N) is 1. The molecule has 0 saturated heterocycles. The normalized spacial score (nSPS) is 11.0. The number of rotatable bonds is 9. The zero-order chi connectivity index (χ0) is 26.3. The molecule has 8 nitrogen and oxygen atoms in total. The molecule has 36 heavy (non-hydrogen) atoms. The minimum absolute atomic E-state index is 0.00116. The second-order valence-corrected chi connectivity index (χ2v) is 9.80. The van der Waals surface area contributed by atoms with Crippen LogP contribution in [0.25, 0.3) is 0 Å². The van der Waals surface area contributed by atoms with E-state index < -0.39 is 22.0 Å². The van der Waals surface area contributed by atoms with Crippen LogP contribution in [0.15, 0.2) is 71.6 Å². The van der Waals surface area contributed by atoms with Crippen molar-refractivity contribution in [3.63, 3.8) is 0 Å². The fraction of sp³-hybridized carbons (Fsp3) is 0.200. The highest BCUT2D eigenvalue weighted by Crippen LogP contribution is 2.28. The smallest absolute Gasteiger partial charge is 0.339 e. The second kappa shape index (κ2) is 11.9. The van der Waals surface area contributed by atoms with E-state index in [2.05, 4.69) is 10.6 Å². The van der Waals surface area contributed by atoms with E-state index in [4.69, 9.17) is 15.8 Å². The summed E-state index contributed by atoms with van der Waals surface area (Å²) in [7, 11) is -4.24. The number of hydrogen-bond donors (Lipinski definition) is 2. The van der Waals surface area contributed by atoms with Gasteiger partial charge in [0, 0.05) is 36.3 Å². The summed E-state index contributed by atoms with van der Waals surface area (Å²) in [5.74, 6) is -0.687. The largest absolute Gasteiger partial charge is 0.379 e. The molecular weight excluding hydrogens is 509 g/mol. The van der Waals surface area contributed by atoms with Crippen LogP contribution >= 0.6 is 11.6 Å². The van der Waals surface area contributed by atoms with Gasteiger partial charge in [-0.25, -0.2) is 9.18 Å². The molecule has 11 heteroatoms. The van der Waals surface area contributed by atoms with Gasteiger partial charge in [-0.05, 0) is 67.1 Å². The maximum Gasteiger partial charge on any atom is 0.339 e. The molecule has 0 radical (unpaired) electrons. The van der Waals surface area contributed by atoms with Crippen LogP contribution in [0.2, 0.25) is 5.02 Å². The average Bonchev–Trinajstić information content (AvgIpc) is 2.82. The number of halogens is 2. The highest BCUT2D eigenvalue weighted by Gasteiger charge is 2.22. The van der Waals surface area contributed by atoms with E-state index >= 15 is 0 Å². The highest BCUT2D eigenvalue weighted by molar-refractivity contribution is 7.87. The van der Waals surface area contributed by atoms with E-state index in [1.807, 2.05) is 0 Å². The predicted molar refractivity (Wildman–Crippen MR) is 135 cm³/mol. The molecule has 0 unspecified atom stereocenters. The van der Waals surface area contributed by atoms with E-state index in [1.165, 1.54) is 66.4 Å². The molecular formula is C25H25ClFN3O5S. The number of amides is 3. The first-order chi connectivity index (χ1) is 17.1. The summed E-state index contributed by atoms with van der Waals surface area (Å²) in [5.41, 5.74) is 1.47. The van der Waals surface area contributed by atoms with E-state index in [1.54, 1.807) is 19.1 Å². The Morgan fingerprint density at radius 3 is 2.28 bits per heavy atom. The van der Waals surface area contributed by atoms with Crippen molar-refractivity contribution in [2.24, 2.45) is 0 Å². The number of anilines is 1. The fourth-order valence-corrected chi connectivity index (χ4v) is 4.47. The van der Waals surface area contributed by atoms with Crippen LogP contribution in [0.1, 0.15) is 25.0 Å². The van der Waals surface area contributed by atoms with E-state index in [-0.39, 0.29) is 29.6 Å². The minimum Gasteiger partial charge on any atom is -0.379 e. The molecule has 190 valence electrons. The zero-order valence-electron chi connectivity index (χ0n) is 19.6. The number of hydrogen-bond acceptors (Lipinski definition) is 5. The lowest BCUT2D eigenvalue weighted by atomic mass is 10.1. The number of benzene rings is 3. The molecule has 0 bridgehead atoms. The predicted octanol–water partition coefficient (Wildman–Crippen LogP) is 4.94. The maximum atomic E-state index is 13.3. The molecule has 3 rings (SSSR count). The van der Waals surface area contributed by atoms with Crippen LogP contribution in [0.5, 0.6) is 5.75 Å². The van der Waals surface area contributed by atoms with Gasteiger partial charge in [0.25, 0.3) is 0 Å². The van der Waals surface area contributed by atoms with Gasteiger partial charge in [-0.1, -0.05) is 23.7 Å². The van der Waals surface area contributed by atoms with Crippen molar-refractivity contribution in [2.45, 2.75) is 31.8 Å². The highest BCUT2D eigenvalue weighted by atomic mass is 35.5. The van der Waals surface area contributed by atoms with E-state index in [0.29, 0.717) is 28.4 Å². The van der Waals surface area contributed by atoms with Crippen LogP contribution in [-0.2, 0) is 28.0 Å². The summed E-state index contributed by atoms with van der Waals surface area (Å²) in [6.07, 6.45) is 0. The maximum absolute atomic E-state index is 13.3. The summed E-state index contributed by atoms with van der Waals surface area (Å²) >= 11 is 6.17. The quantitative estimate of drug-likeness (QED) is 0.379. The van der Waals surface area contributed by atoms with Crippen LogP contribution < -0.4 is 14.8 Å². The van der Waals surface area contributed by atoms with Gasteiger partial charge in [0.05, 0.1) is 6.54 Å². The first kappa shape index (κ1) is 27.0. The van der Waals surface area contributed by atoms with Crippen molar-refractivity contribution < 1.29 is 26.6 Å². The molecule has 0 aliphatic heterocycles. The summed E-state index contributed by atoms with van der Waals surface area (Å²) in [4.78, 5) is 25.3. The molecule has 0 aliphatic carbocycles. The SMILES string of the molecule is CCNC(=O)N(Cc1ccc(F)cc1)Cc1cc(Cl)ccc1OS(=O)(=O)c1ccc(NC(C)=O)cc1. The topological polar surface area (TPSA) is 105 Å². The van der Waals surface area contributed by atoms with Crippen LogP contribution in [0, 0.1) is 5.82 Å². The third-order valence-corrected chi connectivity index (χ3v) is 6.43. The number of carbonyl (C=O) groups excluding carboxylic acids is 2. The van der Waals surface area contributed by atoms with Crippen molar-refractivity contribution in [3.8, 4) is 5.75 Å². The Kier molecular flexibility index (Phi) is 8.89. The zero-order valence-corrected chi connectivity index (χ0v) is 21.2. The number of nitrogens with one attached hydrogen (secondary N) is 2. The summed E-state index contributed by atoms with van der Waals surface area (Å²) in [5, 5.41) is 5.60. The fourth-order valence-electron chi connectivity index (χ4n) is 3.31. The lowest BCUT2D eigenvalue weighted by Gasteiger charge is -2.24. The number of carbonyl (C=O) groups is 2. The molecule has 3 amide bonds. The van der Waals surface area contributed by atoms with Crippen LogP contribution in [0.4, 0.5) is 14.9 Å². The lowest BCUT2D eigenvalue weighted by molar-refractivity contribution is -0.114. The molecule has 3 aromatic carbocycles. The first-order valence-corrected chi connectivity index (χ1v) is 12.7. The molecule has 0 spiro atoms. The molecule has 3 aromatic rings. The van der Waals surface area contributed by atoms with Gasteiger partial charge in [0.1, 0.15) is 16.5 Å². The Hall–Kier alpha value is -3.63. The van der Waals surface area contributed by atoms with Crippen molar-refractivity contribution in [1.82, 2.24) is 10.2 Å². The Morgan fingerprint density at radius 1 is 1.00 bits per heavy atom. The number of urea groups is 1. The molecule has 0 fully saturated rings. The van der Waals surface area contributed by atoms with Gasteiger partial charge >= 0.3 is 16.1 Å². The third-order valence-electron chi connectivity index (χ3n) is 4.95. The Labute approximate surface area is 214 Å². The van der Waals surface area contributed by atoms with Crippen molar-refractivity contribution in [2.75, 3.05) is 11.9 Å². The van der Waals surface area contributed by atoms with E-state index in [0.717, 1.165) is 0 Å². The Balaban J connectivity index is 1.88. The van der Waals surface area contributed by atoms with Crippen molar-refractivity contribution in [1.29, 1.82) is 0 Å². The van der Waals surface area contributed by atoms with Crippen molar-refractivity contribution in [3.05, 3.63) is 88.7 Å². The van der Waals surface area contributed by atoms with Gasteiger partial charge in [-0.2, -0.15) is 8.42 Å². The molecule has 0 saturated carbocycles. The molecule has 2 N–H and O–H groups in total. The van der Waals surface area contributed by atoms with Gasteiger partial charge in [0.15, 0.2) is 0 Å². The standard InChI is InChI=1S/C25H25ClFN3O5S/c1-3-28-25(32)30(15-18-4-7-21(27)8-5-18)16-19-14-20(26)6-13-24(19)35-36(33,34)23-11-9-22(10-12-23)29-17(2)31/h4-14H,3,15-16H2,1-2H3,(H,28,32)(H,29,31). The monoisotopic (exact) mass is 533 g/mol. The van der Waals surface area contributed by atoms with Gasteiger partial charge in [-0.3, -0.25) is 4.79 Å². The third kappa shape index (κ3) is 7.43. The molecule has 0 aromatic heterocycles. The summed E-state index contributed by atoms with van der Waals surface area (Å²) in [6.45, 7) is 3.59. The Morgan fingerprint density at radius 2 is 1.67 bits per heavy atom. The molecule has 0 heterocycles. The van der Waals surface area contributed by atoms with Crippen LogP contribution in [-0.4, -0.2) is 31.8 Å². The van der Waals surface area contributed by atoms with Gasteiger partial charge < -0.3 is 19.7 Å². The van der Waals surface area contributed by atoms with Crippen molar-refractivity contribution >= 4 is 39.3 Å². The summed E-state index contributed by atoms with van der Waals surface area (Å²) in [6, 6.07) is 15.2.